The first-order valence-corrected chi connectivity index (χ1v) is 19.6. The summed E-state index contributed by atoms with van der Waals surface area (Å²) >= 11 is 0. The zero-order chi connectivity index (χ0) is 44.7. The Morgan fingerprint density at radius 3 is 2.44 bits per heavy atom. The minimum atomic E-state index is -1.59. The number of hydrogen-bond acceptors (Lipinski definition) is 16. The lowest BCUT2D eigenvalue weighted by Crippen LogP contribution is -2.67. The molecule has 9 N–H and O–H groups in total. The third kappa shape index (κ3) is 10.4. The van der Waals surface area contributed by atoms with Crippen molar-refractivity contribution in [1.29, 1.82) is 0 Å². The van der Waals surface area contributed by atoms with Crippen molar-refractivity contribution in [2.24, 2.45) is 0 Å². The second kappa shape index (κ2) is 19.7. The summed E-state index contributed by atoms with van der Waals surface area (Å²) in [4.78, 5) is 106. The van der Waals surface area contributed by atoms with E-state index in [-0.39, 0.29) is 43.9 Å². The second-order valence-electron chi connectivity index (χ2n) is 14.8. The maximum Gasteiger partial charge on any atom is 0.410 e. The van der Waals surface area contributed by atoms with Crippen LogP contribution in [0.15, 0.2) is 61.2 Å². The molecule has 7 amide bonds. The molecule has 2 fully saturated rings. The molecule has 23 nitrogen and oxygen atoms in total. The maximum atomic E-state index is 13.5. The van der Waals surface area contributed by atoms with Gasteiger partial charge < -0.3 is 56.4 Å². The van der Waals surface area contributed by atoms with E-state index in [1.54, 1.807) is 24.3 Å². The van der Waals surface area contributed by atoms with Gasteiger partial charge in [-0.1, -0.05) is 18.7 Å². The number of anilines is 2. The molecule has 3 aliphatic rings. The first kappa shape index (κ1) is 44.7. The number of aliphatic hydroxyl groups is 3. The molecular formula is C39H47N11O12. The van der Waals surface area contributed by atoms with E-state index in [4.69, 9.17) is 9.47 Å². The van der Waals surface area contributed by atoms with E-state index in [1.165, 1.54) is 31.4 Å². The van der Waals surface area contributed by atoms with Crippen LogP contribution in [0.2, 0.25) is 0 Å². The molecule has 0 unspecified atom stereocenters. The molecule has 0 bridgehead atoms. The smallest absolute Gasteiger partial charge is 0.410 e. The highest BCUT2D eigenvalue weighted by Crippen LogP contribution is 2.26. The number of likely N-dealkylation sites (tertiary alicyclic amines) is 1. The number of carbonyl (C=O) groups is 7. The van der Waals surface area contributed by atoms with Gasteiger partial charge in [0.05, 0.1) is 19.0 Å². The van der Waals surface area contributed by atoms with Crippen LogP contribution < -0.4 is 26.6 Å². The van der Waals surface area contributed by atoms with Gasteiger partial charge in [0.2, 0.25) is 23.6 Å². The van der Waals surface area contributed by atoms with Gasteiger partial charge in [-0.25, -0.2) is 19.7 Å². The number of H-pyrrole nitrogens is 1. The molecule has 5 heterocycles. The Labute approximate surface area is 353 Å². The molecule has 3 aliphatic heterocycles. The number of amides is 7. The molecule has 2 aromatic heterocycles. The summed E-state index contributed by atoms with van der Waals surface area (Å²) in [6, 6.07) is 1.85. The molecule has 0 aliphatic carbocycles. The Balaban J connectivity index is 0.949. The molecule has 23 heteroatoms. The Kier molecular flexibility index (Phi) is 14.2. The fourth-order valence-electron chi connectivity index (χ4n) is 6.98. The lowest BCUT2D eigenvalue weighted by Gasteiger charge is -2.43. The monoisotopic (exact) mass is 861 g/mol. The van der Waals surface area contributed by atoms with Crippen molar-refractivity contribution in [2.75, 3.05) is 30.3 Å². The van der Waals surface area contributed by atoms with Gasteiger partial charge in [0.1, 0.15) is 54.9 Å². The second-order valence-corrected chi connectivity index (χ2v) is 14.8. The van der Waals surface area contributed by atoms with Gasteiger partial charge in [0.15, 0.2) is 17.7 Å². The molecule has 6 rings (SSSR count). The third-order valence-corrected chi connectivity index (χ3v) is 10.4. The number of carbonyl (C=O) groups excluding carboxylic acids is 7. The number of ether oxygens (including phenoxy) is 2. The fourth-order valence-corrected chi connectivity index (χ4v) is 6.98. The van der Waals surface area contributed by atoms with Crippen molar-refractivity contribution < 1.29 is 58.4 Å². The van der Waals surface area contributed by atoms with Crippen molar-refractivity contribution in [2.45, 2.75) is 88.4 Å². The van der Waals surface area contributed by atoms with Crippen LogP contribution in [-0.4, -0.2) is 155 Å². The van der Waals surface area contributed by atoms with Crippen LogP contribution in [0.25, 0.3) is 11.2 Å². The number of aromatic amines is 1. The first-order chi connectivity index (χ1) is 29.6. The summed E-state index contributed by atoms with van der Waals surface area (Å²) in [5.74, 6) is -3.39. The summed E-state index contributed by atoms with van der Waals surface area (Å²) in [5.41, 5.74) is 1.96. The standard InChI is InChI=1S/C39H47N11O12/c1-19(2)28(46-25(52)12-14-50-26(53)10-11-27(50)54)37(59)44-20(3)35(57)45-22-8-6-21(7-9-22)16-61-39(60)49-13-4-5-23(49)36(58)47-29-24(15-51)62-38(32(56)31(29)55)48-34-30-33(41-17-40-30)42-18-43-34/h6-11,17-18,20,23-24,28-29,31-32,38,51,55-56H,1,4-5,12-16H2,2-3H3,(H,44,59)(H,45,57)(H,46,52)(H,47,58)(H2,40,41,42,43,48)/t20-,23-,24-,28-,29-,31+,32-,38-/m0/s1. The third-order valence-electron chi connectivity index (χ3n) is 10.4. The fraction of sp³-hybridized carbons (Fsp3) is 0.436. The predicted octanol–water partition coefficient (Wildman–Crippen LogP) is -1.69. The minimum Gasteiger partial charge on any atom is -0.445 e. The van der Waals surface area contributed by atoms with E-state index in [2.05, 4.69) is 53.1 Å². The number of imide groups is 1. The minimum absolute atomic E-state index is 0.174. The van der Waals surface area contributed by atoms with Gasteiger partial charge in [-0.05, 0) is 50.0 Å². The van der Waals surface area contributed by atoms with Crippen LogP contribution in [0.3, 0.4) is 0 Å². The van der Waals surface area contributed by atoms with Gasteiger partial charge in [-0.3, -0.25) is 38.6 Å². The Morgan fingerprint density at radius 1 is 1.02 bits per heavy atom. The van der Waals surface area contributed by atoms with E-state index in [1.807, 2.05) is 0 Å². The quantitative estimate of drug-likeness (QED) is 0.0573. The summed E-state index contributed by atoms with van der Waals surface area (Å²) in [6.45, 7) is 5.92. The van der Waals surface area contributed by atoms with E-state index in [0.29, 0.717) is 28.8 Å². The average molecular weight is 862 g/mol. The summed E-state index contributed by atoms with van der Waals surface area (Å²) in [5, 5.41) is 45.3. The Morgan fingerprint density at radius 2 is 1.74 bits per heavy atom. The Bertz CT molecular complexity index is 2210. The van der Waals surface area contributed by atoms with Crippen molar-refractivity contribution >= 4 is 64.2 Å². The number of aromatic nitrogens is 4. The highest BCUT2D eigenvalue weighted by atomic mass is 16.6. The molecule has 8 atom stereocenters. The van der Waals surface area contributed by atoms with Crippen LogP contribution in [0.1, 0.15) is 38.7 Å². The van der Waals surface area contributed by atoms with E-state index in [9.17, 15) is 48.9 Å². The van der Waals surface area contributed by atoms with Crippen LogP contribution in [-0.2, 0) is 44.8 Å². The lowest BCUT2D eigenvalue weighted by molar-refractivity contribution is -0.185. The zero-order valence-corrected chi connectivity index (χ0v) is 33.6. The van der Waals surface area contributed by atoms with E-state index in [0.717, 1.165) is 17.1 Å². The SMILES string of the molecule is C=C(C)[C@H](NC(=O)CCN1C(=O)C=CC1=O)C(=O)N[C@@H](C)C(=O)Nc1ccc(COC(=O)N2CCC[C@H]2C(=O)N[C@@H]2[C@@H](O)[C@H](O)[C@@H](Nc3ncnc4nc[nH]c34)O[C@H]2CO)cc1. The predicted molar refractivity (Wildman–Crippen MR) is 215 cm³/mol. The number of nitrogens with one attached hydrogen (secondary N) is 6. The number of imidazole rings is 1. The topological polar surface area (TPSA) is 320 Å². The normalized spacial score (nSPS) is 23.1. The molecule has 330 valence electrons. The van der Waals surface area contributed by atoms with Gasteiger partial charge in [0, 0.05) is 37.3 Å². The van der Waals surface area contributed by atoms with Crippen LogP contribution in [0, 0.1) is 0 Å². The van der Waals surface area contributed by atoms with Crippen LogP contribution in [0.5, 0.6) is 0 Å². The van der Waals surface area contributed by atoms with Crippen molar-refractivity contribution in [3.8, 4) is 0 Å². The highest BCUT2D eigenvalue weighted by Gasteiger charge is 2.47. The number of rotatable bonds is 16. The van der Waals surface area contributed by atoms with Gasteiger partial charge in [0.25, 0.3) is 11.8 Å². The number of fused-ring (bicyclic) bond motifs is 1. The Hall–Kier alpha value is -6.82. The highest BCUT2D eigenvalue weighted by molar-refractivity contribution is 6.13. The molecule has 2 saturated heterocycles. The van der Waals surface area contributed by atoms with Gasteiger partial charge in [-0.2, -0.15) is 0 Å². The molecule has 0 saturated carbocycles. The van der Waals surface area contributed by atoms with Gasteiger partial charge >= 0.3 is 6.09 Å². The molecule has 1 aromatic carbocycles. The maximum absolute atomic E-state index is 13.5. The van der Waals surface area contributed by atoms with Crippen molar-refractivity contribution in [3.63, 3.8) is 0 Å². The summed E-state index contributed by atoms with van der Waals surface area (Å²) in [6.07, 6.45) is -0.968. The van der Waals surface area contributed by atoms with Crippen molar-refractivity contribution in [3.05, 3.63) is 66.8 Å². The first-order valence-electron chi connectivity index (χ1n) is 19.6. The zero-order valence-electron chi connectivity index (χ0n) is 33.6. The van der Waals surface area contributed by atoms with E-state index < -0.39 is 96.9 Å². The van der Waals surface area contributed by atoms with Crippen LogP contribution in [0.4, 0.5) is 16.3 Å². The van der Waals surface area contributed by atoms with E-state index >= 15 is 0 Å². The largest absolute Gasteiger partial charge is 0.445 e. The number of nitrogens with zero attached hydrogens (tertiary/aromatic N) is 5. The number of hydrogen-bond donors (Lipinski definition) is 9. The summed E-state index contributed by atoms with van der Waals surface area (Å²) < 4.78 is 11.3. The molecule has 0 spiro atoms. The number of aliphatic hydroxyl groups excluding tert-OH is 3. The average Bonchev–Trinajstić information content (AvgIpc) is 4.02. The van der Waals surface area contributed by atoms with Crippen molar-refractivity contribution in [1.82, 2.24) is 45.7 Å². The van der Waals surface area contributed by atoms with Crippen LogP contribution >= 0.6 is 0 Å². The van der Waals surface area contributed by atoms with Gasteiger partial charge in [-0.15, -0.1) is 0 Å². The summed E-state index contributed by atoms with van der Waals surface area (Å²) in [7, 11) is 0. The lowest BCUT2D eigenvalue weighted by atomic mass is 9.95. The molecule has 0 radical (unpaired) electrons. The number of benzene rings is 1. The molecule has 62 heavy (non-hydrogen) atoms. The molecule has 3 aromatic rings. The molecular weight excluding hydrogens is 814 g/mol.